The number of hydrogen-bond donors (Lipinski definition) is 1. The molecule has 0 unspecified atom stereocenters. The minimum atomic E-state index is -0.399. The molecule has 1 aliphatic carbocycles. The fourth-order valence-corrected chi connectivity index (χ4v) is 2.89. The number of amides is 1. The van der Waals surface area contributed by atoms with E-state index in [-0.39, 0.29) is 6.09 Å². The molecule has 0 aromatic rings. The van der Waals surface area contributed by atoms with Gasteiger partial charge >= 0.3 is 6.09 Å². The second-order valence-electron chi connectivity index (χ2n) is 7.14. The van der Waals surface area contributed by atoms with Crippen LogP contribution in [-0.4, -0.2) is 18.2 Å². The molecule has 1 aliphatic rings. The Bertz CT molecular complexity index is 265. The molecule has 0 aromatic heterocycles. The van der Waals surface area contributed by atoms with Crippen LogP contribution in [0.4, 0.5) is 4.79 Å². The Kier molecular flexibility index (Phi) is 8.01. The van der Waals surface area contributed by atoms with E-state index in [4.69, 9.17) is 4.74 Å². The van der Waals surface area contributed by atoms with Gasteiger partial charge in [-0.1, -0.05) is 57.8 Å². The highest BCUT2D eigenvalue weighted by Gasteiger charge is 2.15. The van der Waals surface area contributed by atoms with E-state index in [9.17, 15) is 4.79 Å². The zero-order valence-electron chi connectivity index (χ0n) is 13.7. The Morgan fingerprint density at radius 3 is 2.35 bits per heavy atom. The SMILES string of the molecule is CC(C)(C)OC(=O)NCCCCCCC1CCCCC1. The molecule has 0 saturated heterocycles. The van der Waals surface area contributed by atoms with Gasteiger partial charge in [-0.15, -0.1) is 0 Å². The lowest BCUT2D eigenvalue weighted by molar-refractivity contribution is 0.0527. The third kappa shape index (κ3) is 9.22. The molecular weight excluding hydrogens is 250 g/mol. The van der Waals surface area contributed by atoms with Crippen molar-refractivity contribution in [2.24, 2.45) is 5.92 Å². The summed E-state index contributed by atoms with van der Waals surface area (Å²) in [6.07, 6.45) is 13.3. The van der Waals surface area contributed by atoms with Crippen molar-refractivity contribution < 1.29 is 9.53 Å². The first kappa shape index (κ1) is 17.3. The van der Waals surface area contributed by atoms with E-state index >= 15 is 0 Å². The van der Waals surface area contributed by atoms with Gasteiger partial charge in [-0.05, 0) is 33.1 Å². The molecule has 0 spiro atoms. The summed E-state index contributed by atoms with van der Waals surface area (Å²) in [7, 11) is 0. The number of ether oxygens (including phenoxy) is 1. The Labute approximate surface area is 124 Å². The smallest absolute Gasteiger partial charge is 0.407 e. The second kappa shape index (κ2) is 9.25. The molecule has 0 heterocycles. The van der Waals surface area contributed by atoms with Gasteiger partial charge in [0.15, 0.2) is 0 Å². The molecule has 0 bridgehead atoms. The monoisotopic (exact) mass is 283 g/mol. The summed E-state index contributed by atoms with van der Waals surface area (Å²) in [6.45, 7) is 6.39. The van der Waals surface area contributed by atoms with Crippen molar-refractivity contribution in [1.82, 2.24) is 5.32 Å². The quantitative estimate of drug-likeness (QED) is 0.665. The molecule has 0 aromatic carbocycles. The number of rotatable bonds is 7. The lowest BCUT2D eigenvalue weighted by Crippen LogP contribution is -2.32. The summed E-state index contributed by atoms with van der Waals surface area (Å²) in [5.41, 5.74) is -0.399. The number of alkyl carbamates (subject to hydrolysis) is 1. The summed E-state index contributed by atoms with van der Waals surface area (Å²) in [6, 6.07) is 0. The third-order valence-corrected chi connectivity index (χ3v) is 3.93. The van der Waals surface area contributed by atoms with Gasteiger partial charge in [0.25, 0.3) is 0 Å². The van der Waals surface area contributed by atoms with E-state index in [0.717, 1.165) is 18.9 Å². The number of unbranched alkanes of at least 4 members (excludes halogenated alkanes) is 3. The largest absolute Gasteiger partial charge is 0.444 e. The van der Waals surface area contributed by atoms with Crippen LogP contribution >= 0.6 is 0 Å². The van der Waals surface area contributed by atoms with Crippen molar-refractivity contribution in [3.63, 3.8) is 0 Å². The summed E-state index contributed by atoms with van der Waals surface area (Å²) < 4.78 is 5.19. The Balaban J connectivity index is 1.88. The van der Waals surface area contributed by atoms with Crippen LogP contribution in [0, 0.1) is 5.92 Å². The average molecular weight is 283 g/mol. The van der Waals surface area contributed by atoms with Gasteiger partial charge in [0.05, 0.1) is 0 Å². The molecule has 3 heteroatoms. The van der Waals surface area contributed by atoms with E-state index in [1.807, 2.05) is 20.8 Å². The van der Waals surface area contributed by atoms with Crippen LogP contribution in [0.3, 0.4) is 0 Å². The van der Waals surface area contributed by atoms with Crippen molar-refractivity contribution in [1.29, 1.82) is 0 Å². The van der Waals surface area contributed by atoms with Crippen LogP contribution in [0.25, 0.3) is 0 Å². The van der Waals surface area contributed by atoms with Gasteiger partial charge in [0.1, 0.15) is 5.60 Å². The van der Waals surface area contributed by atoms with Crippen LogP contribution in [0.1, 0.15) is 85.0 Å². The highest BCUT2D eigenvalue weighted by Crippen LogP contribution is 2.27. The fraction of sp³-hybridized carbons (Fsp3) is 0.941. The minimum absolute atomic E-state index is 0.292. The number of nitrogens with one attached hydrogen (secondary N) is 1. The van der Waals surface area contributed by atoms with Crippen LogP contribution < -0.4 is 5.32 Å². The summed E-state index contributed by atoms with van der Waals surface area (Å²) in [5.74, 6) is 1.00. The van der Waals surface area contributed by atoms with Gasteiger partial charge in [-0.25, -0.2) is 4.79 Å². The normalized spacial score (nSPS) is 16.9. The van der Waals surface area contributed by atoms with Crippen molar-refractivity contribution in [3.05, 3.63) is 0 Å². The Morgan fingerprint density at radius 1 is 1.05 bits per heavy atom. The summed E-state index contributed by atoms with van der Waals surface area (Å²) in [4.78, 5) is 11.4. The number of hydrogen-bond acceptors (Lipinski definition) is 2. The molecular formula is C17H33NO2. The van der Waals surface area contributed by atoms with Crippen LogP contribution in [0.5, 0.6) is 0 Å². The lowest BCUT2D eigenvalue weighted by Gasteiger charge is -2.21. The van der Waals surface area contributed by atoms with E-state index in [1.165, 1.54) is 57.8 Å². The molecule has 3 nitrogen and oxygen atoms in total. The Hall–Kier alpha value is -0.730. The lowest BCUT2D eigenvalue weighted by atomic mass is 9.85. The topological polar surface area (TPSA) is 38.3 Å². The first-order chi connectivity index (χ1) is 9.47. The van der Waals surface area contributed by atoms with Gasteiger partial charge in [-0.3, -0.25) is 0 Å². The number of carbonyl (C=O) groups is 1. The van der Waals surface area contributed by atoms with Crippen LogP contribution in [-0.2, 0) is 4.74 Å². The molecule has 0 atom stereocenters. The fourth-order valence-electron chi connectivity index (χ4n) is 2.89. The first-order valence-electron chi connectivity index (χ1n) is 8.44. The predicted octanol–water partition coefficient (Wildman–Crippen LogP) is 5.04. The zero-order valence-corrected chi connectivity index (χ0v) is 13.7. The highest BCUT2D eigenvalue weighted by atomic mass is 16.6. The van der Waals surface area contributed by atoms with Gasteiger partial charge < -0.3 is 10.1 Å². The molecule has 1 N–H and O–H groups in total. The van der Waals surface area contributed by atoms with Gasteiger partial charge in [0, 0.05) is 6.54 Å². The first-order valence-corrected chi connectivity index (χ1v) is 8.44. The van der Waals surface area contributed by atoms with E-state index in [1.54, 1.807) is 0 Å². The average Bonchev–Trinajstić information content (AvgIpc) is 2.37. The van der Waals surface area contributed by atoms with E-state index in [0.29, 0.717) is 0 Å². The second-order valence-corrected chi connectivity index (χ2v) is 7.14. The van der Waals surface area contributed by atoms with Crippen LogP contribution in [0.2, 0.25) is 0 Å². The Morgan fingerprint density at radius 2 is 1.70 bits per heavy atom. The maximum atomic E-state index is 11.4. The van der Waals surface area contributed by atoms with Crippen molar-refractivity contribution in [2.45, 2.75) is 90.6 Å². The van der Waals surface area contributed by atoms with Crippen molar-refractivity contribution >= 4 is 6.09 Å². The molecule has 0 radical (unpaired) electrons. The number of carbonyl (C=O) groups excluding carboxylic acids is 1. The molecule has 118 valence electrons. The molecule has 1 amide bonds. The summed E-state index contributed by atoms with van der Waals surface area (Å²) in [5, 5.41) is 2.82. The molecule has 1 fully saturated rings. The molecule has 1 saturated carbocycles. The van der Waals surface area contributed by atoms with Gasteiger partial charge in [0.2, 0.25) is 0 Å². The standard InChI is InChI=1S/C17H33NO2/c1-17(2,3)20-16(19)18-14-10-5-4-7-11-15-12-8-6-9-13-15/h15H,4-14H2,1-3H3,(H,18,19). The third-order valence-electron chi connectivity index (χ3n) is 3.93. The summed E-state index contributed by atoms with van der Waals surface area (Å²) >= 11 is 0. The molecule has 0 aliphatic heterocycles. The van der Waals surface area contributed by atoms with Gasteiger partial charge in [-0.2, -0.15) is 0 Å². The molecule has 20 heavy (non-hydrogen) atoms. The highest BCUT2D eigenvalue weighted by molar-refractivity contribution is 5.67. The van der Waals surface area contributed by atoms with Crippen molar-refractivity contribution in [2.75, 3.05) is 6.54 Å². The minimum Gasteiger partial charge on any atom is -0.444 e. The predicted molar refractivity (Wildman–Crippen MR) is 83.9 cm³/mol. The molecule has 1 rings (SSSR count). The van der Waals surface area contributed by atoms with E-state index in [2.05, 4.69) is 5.32 Å². The zero-order chi connectivity index (χ0) is 14.8. The maximum absolute atomic E-state index is 11.4. The maximum Gasteiger partial charge on any atom is 0.407 e. The van der Waals surface area contributed by atoms with E-state index < -0.39 is 5.60 Å². The van der Waals surface area contributed by atoms with Crippen LogP contribution in [0.15, 0.2) is 0 Å². The van der Waals surface area contributed by atoms with Crippen molar-refractivity contribution in [3.8, 4) is 0 Å².